The third-order valence-corrected chi connectivity index (χ3v) is 8.30. The lowest BCUT2D eigenvalue weighted by Gasteiger charge is -2.32. The van der Waals surface area contributed by atoms with Crippen LogP contribution in [0.1, 0.15) is 68.6 Å². The van der Waals surface area contributed by atoms with Crippen molar-refractivity contribution >= 4 is 12.1 Å². The van der Waals surface area contributed by atoms with Crippen LogP contribution in [0.25, 0.3) is 0 Å². The molecule has 1 fully saturated rings. The van der Waals surface area contributed by atoms with E-state index in [4.69, 9.17) is 18.9 Å². The molecule has 4 rings (SSSR count). The van der Waals surface area contributed by atoms with E-state index in [9.17, 15) is 14.7 Å². The molecule has 0 saturated heterocycles. The van der Waals surface area contributed by atoms with Crippen LogP contribution in [0.3, 0.4) is 0 Å². The van der Waals surface area contributed by atoms with E-state index in [1.54, 1.807) is 0 Å². The van der Waals surface area contributed by atoms with Crippen LogP contribution in [0.5, 0.6) is 5.75 Å². The fourth-order valence-corrected chi connectivity index (χ4v) is 6.29. The maximum absolute atomic E-state index is 12.3. The number of unbranched alkanes of at least 4 members (excludes halogenated alkanes) is 2. The molecule has 0 amide bonds. The monoisotopic (exact) mass is 538 g/mol. The lowest BCUT2D eigenvalue weighted by atomic mass is 9.73. The predicted octanol–water partition coefficient (Wildman–Crippen LogP) is 6.03. The van der Waals surface area contributed by atoms with Gasteiger partial charge in [-0.2, -0.15) is 0 Å². The Morgan fingerprint density at radius 2 is 1.85 bits per heavy atom. The second kappa shape index (κ2) is 14.4. The van der Waals surface area contributed by atoms with Crippen molar-refractivity contribution in [2.24, 2.45) is 17.8 Å². The Morgan fingerprint density at radius 3 is 2.62 bits per heavy atom. The molecule has 2 aromatic carbocycles. The van der Waals surface area contributed by atoms with Crippen LogP contribution < -0.4 is 4.74 Å². The van der Waals surface area contributed by atoms with Crippen molar-refractivity contribution in [1.29, 1.82) is 0 Å². The zero-order valence-electron chi connectivity index (χ0n) is 23.2. The number of carbonyl (C=O) groups excluding carboxylic acids is 2. The number of methoxy groups -OCH3 is 1. The normalized spacial score (nSPS) is 22.3. The molecule has 2 aliphatic rings. The van der Waals surface area contributed by atoms with Gasteiger partial charge in [-0.25, -0.2) is 9.59 Å². The molecule has 2 aromatic rings. The van der Waals surface area contributed by atoms with E-state index < -0.39 is 12.1 Å². The zero-order chi connectivity index (χ0) is 27.6. The summed E-state index contributed by atoms with van der Waals surface area (Å²) in [7, 11) is 1.33. The number of hydrogen-bond acceptors (Lipinski definition) is 7. The van der Waals surface area contributed by atoms with E-state index in [-0.39, 0.29) is 31.3 Å². The maximum atomic E-state index is 12.3. The minimum atomic E-state index is -0.650. The topological polar surface area (TPSA) is 91.3 Å². The average molecular weight is 539 g/mol. The highest BCUT2D eigenvalue weighted by molar-refractivity contribution is 5.71. The zero-order valence-corrected chi connectivity index (χ0v) is 23.2. The summed E-state index contributed by atoms with van der Waals surface area (Å²) >= 11 is 0. The van der Waals surface area contributed by atoms with Crippen LogP contribution in [-0.4, -0.2) is 43.2 Å². The van der Waals surface area contributed by atoms with Gasteiger partial charge in [0.05, 0.1) is 13.2 Å². The van der Waals surface area contributed by atoms with Crippen LogP contribution in [0.2, 0.25) is 0 Å². The molecular formula is C32H42O7. The van der Waals surface area contributed by atoms with E-state index >= 15 is 0 Å². The van der Waals surface area contributed by atoms with E-state index in [1.807, 2.05) is 42.5 Å². The second-order valence-electron chi connectivity index (χ2n) is 10.9. The summed E-state index contributed by atoms with van der Waals surface area (Å²) in [6, 6.07) is 15.6. The molecule has 0 radical (unpaired) electrons. The summed E-state index contributed by atoms with van der Waals surface area (Å²) in [4.78, 5) is 24.4. The van der Waals surface area contributed by atoms with Gasteiger partial charge in [0.2, 0.25) is 0 Å². The van der Waals surface area contributed by atoms with Crippen LogP contribution >= 0.6 is 0 Å². The van der Waals surface area contributed by atoms with Crippen LogP contribution in [0.15, 0.2) is 48.5 Å². The van der Waals surface area contributed by atoms with E-state index in [1.165, 1.54) is 12.7 Å². The largest absolute Gasteiger partial charge is 0.508 e. The van der Waals surface area contributed by atoms with Crippen LogP contribution in [0.4, 0.5) is 4.79 Å². The third kappa shape index (κ3) is 7.98. The molecule has 4 unspecified atom stereocenters. The van der Waals surface area contributed by atoms with Crippen molar-refractivity contribution < 1.29 is 33.6 Å². The van der Waals surface area contributed by atoms with E-state index in [0.29, 0.717) is 24.0 Å². The molecule has 212 valence electrons. The first-order chi connectivity index (χ1) is 19.0. The summed E-state index contributed by atoms with van der Waals surface area (Å²) < 4.78 is 21.9. The molecule has 7 nitrogen and oxygen atoms in total. The van der Waals surface area contributed by atoms with Gasteiger partial charge in [-0.05, 0) is 79.0 Å². The summed E-state index contributed by atoms with van der Waals surface area (Å²) in [5, 5.41) is 10.6. The molecule has 0 aliphatic heterocycles. The molecular weight excluding hydrogens is 496 g/mol. The first-order valence-corrected chi connectivity index (χ1v) is 14.3. The lowest BCUT2D eigenvalue weighted by molar-refractivity contribution is -0.147. The molecule has 0 spiro atoms. The van der Waals surface area contributed by atoms with Gasteiger partial charge < -0.3 is 24.1 Å². The first kappa shape index (κ1) is 28.9. The number of ether oxygens (including phenoxy) is 4. The molecule has 0 bridgehead atoms. The molecule has 0 heterocycles. The quantitative estimate of drug-likeness (QED) is 0.246. The first-order valence-electron chi connectivity index (χ1n) is 14.3. The van der Waals surface area contributed by atoms with Gasteiger partial charge in [0.15, 0.2) is 6.61 Å². The van der Waals surface area contributed by atoms with Gasteiger partial charge in [0, 0.05) is 0 Å². The maximum Gasteiger partial charge on any atom is 0.508 e. The van der Waals surface area contributed by atoms with Gasteiger partial charge in [-0.15, -0.1) is 0 Å². The minimum absolute atomic E-state index is 0.149. The molecule has 1 saturated carbocycles. The van der Waals surface area contributed by atoms with Gasteiger partial charge in [0.25, 0.3) is 0 Å². The van der Waals surface area contributed by atoms with Gasteiger partial charge in [-0.1, -0.05) is 68.7 Å². The Kier molecular flexibility index (Phi) is 10.7. The molecule has 1 N–H and O–H groups in total. The number of rotatable bonds is 13. The average Bonchev–Trinajstić information content (AvgIpc) is 3.28. The number of aliphatic hydroxyl groups is 1. The third-order valence-electron chi connectivity index (χ3n) is 8.30. The SMILES string of the molecule is CCCCCC(O)CCC1C2Cc3cccc(OCC(=O)OCc4ccccc4)c3CC2C[C@H]1OC(=O)OC. The molecule has 7 heteroatoms. The van der Waals surface area contributed by atoms with Crippen LogP contribution in [0, 0.1) is 17.8 Å². The number of fused-ring (bicyclic) bond motifs is 2. The Balaban J connectivity index is 1.39. The Morgan fingerprint density at radius 1 is 1.03 bits per heavy atom. The number of benzene rings is 2. The van der Waals surface area contributed by atoms with E-state index in [0.717, 1.165) is 62.5 Å². The second-order valence-corrected chi connectivity index (χ2v) is 10.9. The fraction of sp³-hybridized carbons (Fsp3) is 0.562. The molecule has 2 aliphatic carbocycles. The highest BCUT2D eigenvalue weighted by atomic mass is 16.7. The van der Waals surface area contributed by atoms with Gasteiger partial charge in [0.1, 0.15) is 18.5 Å². The van der Waals surface area contributed by atoms with Crippen LogP contribution in [-0.2, 0) is 38.5 Å². The smallest absolute Gasteiger partial charge is 0.482 e. The Hall–Kier alpha value is -3.06. The van der Waals surface area contributed by atoms with Gasteiger partial charge in [-0.3, -0.25) is 0 Å². The van der Waals surface area contributed by atoms with Crippen molar-refractivity contribution in [3.8, 4) is 5.75 Å². The van der Waals surface area contributed by atoms with Crippen molar-refractivity contribution in [3.63, 3.8) is 0 Å². The summed E-state index contributed by atoms with van der Waals surface area (Å²) in [5.74, 6) is 1.14. The lowest BCUT2D eigenvalue weighted by Crippen LogP contribution is -2.30. The van der Waals surface area contributed by atoms with E-state index in [2.05, 4.69) is 13.0 Å². The highest BCUT2D eigenvalue weighted by Gasteiger charge is 2.47. The molecule has 39 heavy (non-hydrogen) atoms. The van der Waals surface area contributed by atoms with Crippen molar-refractivity contribution in [3.05, 3.63) is 65.2 Å². The Bertz CT molecular complexity index is 1070. The summed E-state index contributed by atoms with van der Waals surface area (Å²) in [5.41, 5.74) is 3.26. The molecule has 0 aromatic heterocycles. The number of carbonyl (C=O) groups is 2. The minimum Gasteiger partial charge on any atom is -0.482 e. The summed E-state index contributed by atoms with van der Waals surface area (Å²) in [6.45, 7) is 2.23. The predicted molar refractivity (Wildman–Crippen MR) is 147 cm³/mol. The number of hydrogen-bond donors (Lipinski definition) is 1. The van der Waals surface area contributed by atoms with Crippen molar-refractivity contribution in [2.45, 2.75) is 83.5 Å². The Labute approximate surface area is 231 Å². The van der Waals surface area contributed by atoms with Gasteiger partial charge >= 0.3 is 12.1 Å². The number of esters is 1. The van der Waals surface area contributed by atoms with Crippen molar-refractivity contribution in [2.75, 3.05) is 13.7 Å². The fourth-order valence-electron chi connectivity index (χ4n) is 6.29. The summed E-state index contributed by atoms with van der Waals surface area (Å²) in [6.07, 6.45) is 6.83. The standard InChI is InChI=1S/C32H42O7/c1-3-4-6-13-25(33)15-16-26-27-17-23-12-9-14-29(28(23)18-24(27)19-30(26)39-32(35)36-2)37-21-31(34)38-20-22-10-7-5-8-11-22/h5,7-12,14,24-27,30,33H,3-4,6,13,15-21H2,1-2H3/t24?,25?,26?,27?,30-/m1/s1. The molecule has 5 atom stereocenters. The van der Waals surface area contributed by atoms with Crippen molar-refractivity contribution in [1.82, 2.24) is 0 Å². The number of aliphatic hydroxyl groups excluding tert-OH is 1. The highest BCUT2D eigenvalue weighted by Crippen LogP contribution is 2.49.